The minimum absolute atomic E-state index is 0.154. The standard InChI is InChI=1S/C26H27N3O6S2/c1-16-22(14-17-5-10-20-21(13-17)35-15-34-20)36-26(23(16)24(27)30)28-25(31)18-6-8-19(9-7-18)37(32,33)29-11-3-2-4-12-29/h5-10,13H,2-4,11-12,14-15H2,1H3,(H2,27,30)(H,28,31). The van der Waals surface area contributed by atoms with E-state index in [9.17, 15) is 18.0 Å². The average Bonchev–Trinajstić information content (AvgIpc) is 3.48. The number of primary amides is 1. The van der Waals surface area contributed by atoms with Gasteiger partial charge in [0, 0.05) is 30.0 Å². The van der Waals surface area contributed by atoms with Gasteiger partial charge >= 0.3 is 0 Å². The second kappa shape index (κ2) is 10.2. The molecule has 1 fully saturated rings. The van der Waals surface area contributed by atoms with E-state index in [-0.39, 0.29) is 22.8 Å². The number of nitrogens with one attached hydrogen (secondary N) is 1. The van der Waals surface area contributed by atoms with Gasteiger partial charge in [-0.3, -0.25) is 9.59 Å². The molecule has 5 rings (SSSR count). The summed E-state index contributed by atoms with van der Waals surface area (Å²) < 4.78 is 38.1. The third-order valence-corrected chi connectivity index (χ3v) is 9.71. The molecule has 3 aromatic rings. The van der Waals surface area contributed by atoms with Crippen molar-refractivity contribution < 1.29 is 27.5 Å². The lowest BCUT2D eigenvalue weighted by Gasteiger charge is -2.25. The molecule has 0 aliphatic carbocycles. The van der Waals surface area contributed by atoms with Crippen LogP contribution in [0.25, 0.3) is 0 Å². The molecule has 0 bridgehead atoms. The average molecular weight is 542 g/mol. The molecule has 9 nitrogen and oxygen atoms in total. The smallest absolute Gasteiger partial charge is 0.256 e. The molecule has 1 aromatic heterocycles. The summed E-state index contributed by atoms with van der Waals surface area (Å²) >= 11 is 1.28. The fourth-order valence-electron chi connectivity index (χ4n) is 4.56. The Morgan fingerprint density at radius 2 is 1.73 bits per heavy atom. The van der Waals surface area contributed by atoms with Crippen LogP contribution in [0.15, 0.2) is 47.4 Å². The van der Waals surface area contributed by atoms with Gasteiger partial charge < -0.3 is 20.5 Å². The summed E-state index contributed by atoms with van der Waals surface area (Å²) in [7, 11) is -3.59. The molecule has 0 radical (unpaired) electrons. The number of hydrogen-bond donors (Lipinski definition) is 2. The zero-order valence-corrected chi connectivity index (χ0v) is 21.9. The Morgan fingerprint density at radius 3 is 2.43 bits per heavy atom. The molecule has 2 aromatic carbocycles. The molecule has 194 valence electrons. The fourth-order valence-corrected chi connectivity index (χ4v) is 7.32. The number of piperidine rings is 1. The number of thiophene rings is 1. The Balaban J connectivity index is 1.35. The number of anilines is 1. The molecular weight excluding hydrogens is 514 g/mol. The highest BCUT2D eigenvalue weighted by molar-refractivity contribution is 7.89. The highest BCUT2D eigenvalue weighted by Gasteiger charge is 2.26. The van der Waals surface area contributed by atoms with E-state index in [1.807, 2.05) is 18.2 Å². The van der Waals surface area contributed by atoms with Crippen LogP contribution in [0.1, 0.15) is 56.0 Å². The number of nitrogens with zero attached hydrogens (tertiary/aromatic N) is 1. The third-order valence-electron chi connectivity index (χ3n) is 6.59. The molecule has 3 heterocycles. The first kappa shape index (κ1) is 25.2. The maximum Gasteiger partial charge on any atom is 0.256 e. The van der Waals surface area contributed by atoms with E-state index in [2.05, 4.69) is 5.32 Å². The number of carbonyl (C=O) groups excluding carboxylic acids is 2. The summed E-state index contributed by atoms with van der Waals surface area (Å²) in [5.74, 6) is 0.262. The Labute approximate surface area is 219 Å². The van der Waals surface area contributed by atoms with Crippen molar-refractivity contribution in [3.63, 3.8) is 0 Å². The van der Waals surface area contributed by atoms with E-state index < -0.39 is 21.8 Å². The van der Waals surface area contributed by atoms with Crippen LogP contribution < -0.4 is 20.5 Å². The van der Waals surface area contributed by atoms with E-state index in [0.717, 1.165) is 29.7 Å². The van der Waals surface area contributed by atoms with Gasteiger partial charge in [-0.2, -0.15) is 4.31 Å². The lowest BCUT2D eigenvalue weighted by atomic mass is 10.1. The number of sulfonamides is 1. The first-order chi connectivity index (χ1) is 17.7. The first-order valence-corrected chi connectivity index (χ1v) is 14.2. The number of benzene rings is 2. The van der Waals surface area contributed by atoms with Crippen molar-refractivity contribution in [3.8, 4) is 11.5 Å². The van der Waals surface area contributed by atoms with Gasteiger partial charge in [-0.15, -0.1) is 11.3 Å². The second-order valence-electron chi connectivity index (χ2n) is 9.03. The Morgan fingerprint density at radius 1 is 1.03 bits per heavy atom. The van der Waals surface area contributed by atoms with Crippen LogP contribution in [0.2, 0.25) is 0 Å². The van der Waals surface area contributed by atoms with Gasteiger partial charge in [-0.05, 0) is 67.3 Å². The maximum atomic E-state index is 13.0. The van der Waals surface area contributed by atoms with Crippen molar-refractivity contribution >= 4 is 38.2 Å². The van der Waals surface area contributed by atoms with Gasteiger partial charge in [0.1, 0.15) is 5.00 Å². The summed E-state index contributed by atoms with van der Waals surface area (Å²) in [4.78, 5) is 26.3. The summed E-state index contributed by atoms with van der Waals surface area (Å²) in [5, 5.41) is 3.15. The highest BCUT2D eigenvalue weighted by Crippen LogP contribution is 2.37. The normalized spacial score (nSPS) is 15.5. The van der Waals surface area contributed by atoms with Crippen molar-refractivity contribution in [1.82, 2.24) is 4.31 Å². The molecule has 2 aliphatic rings. The number of hydrogen-bond acceptors (Lipinski definition) is 7. The quantitative estimate of drug-likeness (QED) is 0.467. The van der Waals surface area contributed by atoms with Gasteiger partial charge in [-0.25, -0.2) is 8.42 Å². The predicted molar refractivity (Wildman–Crippen MR) is 140 cm³/mol. The van der Waals surface area contributed by atoms with E-state index in [1.54, 1.807) is 6.92 Å². The van der Waals surface area contributed by atoms with Crippen molar-refractivity contribution in [2.24, 2.45) is 5.73 Å². The lowest BCUT2D eigenvalue weighted by molar-refractivity contribution is 0.100. The summed E-state index contributed by atoms with van der Waals surface area (Å²) in [6.07, 6.45) is 3.24. The molecule has 1 saturated heterocycles. The zero-order chi connectivity index (χ0) is 26.2. The number of carbonyl (C=O) groups is 2. The van der Waals surface area contributed by atoms with Crippen molar-refractivity contribution in [1.29, 1.82) is 0 Å². The molecule has 0 atom stereocenters. The van der Waals surface area contributed by atoms with Crippen molar-refractivity contribution in [2.75, 3.05) is 25.2 Å². The largest absolute Gasteiger partial charge is 0.454 e. The summed E-state index contributed by atoms with van der Waals surface area (Å²) in [5.41, 5.74) is 7.86. The highest BCUT2D eigenvalue weighted by atomic mass is 32.2. The molecule has 37 heavy (non-hydrogen) atoms. The van der Waals surface area contributed by atoms with E-state index in [4.69, 9.17) is 15.2 Å². The number of rotatable bonds is 7. The topological polar surface area (TPSA) is 128 Å². The van der Waals surface area contributed by atoms with Crippen LogP contribution in [0.3, 0.4) is 0 Å². The molecule has 2 amide bonds. The predicted octanol–water partition coefficient (Wildman–Crippen LogP) is 3.90. The summed E-state index contributed by atoms with van der Waals surface area (Å²) in [6, 6.07) is 11.5. The molecule has 0 spiro atoms. The molecule has 0 unspecified atom stereocenters. The van der Waals surface area contributed by atoms with Gasteiger partial charge in [0.05, 0.1) is 10.5 Å². The number of nitrogens with two attached hydrogens (primary N) is 1. The SMILES string of the molecule is Cc1c(Cc2ccc3c(c2)OCO3)sc(NC(=O)c2ccc(S(=O)(=O)N3CCCCC3)cc2)c1C(N)=O. The van der Waals surface area contributed by atoms with Crippen LogP contribution in [-0.2, 0) is 16.4 Å². The van der Waals surface area contributed by atoms with Crippen LogP contribution in [0, 0.1) is 6.92 Å². The van der Waals surface area contributed by atoms with E-state index in [1.165, 1.54) is 39.9 Å². The van der Waals surface area contributed by atoms with Crippen molar-refractivity contribution in [3.05, 3.63) is 69.6 Å². The number of fused-ring (bicyclic) bond motifs is 1. The van der Waals surface area contributed by atoms with Crippen LogP contribution in [0.5, 0.6) is 11.5 Å². The van der Waals surface area contributed by atoms with E-state index in [0.29, 0.717) is 41.6 Å². The van der Waals surface area contributed by atoms with Crippen LogP contribution in [0.4, 0.5) is 5.00 Å². The Hall–Kier alpha value is -3.41. The van der Waals surface area contributed by atoms with Crippen LogP contribution >= 0.6 is 11.3 Å². The molecule has 2 aliphatic heterocycles. The molecular formula is C26H27N3O6S2. The third kappa shape index (κ3) is 5.07. The minimum Gasteiger partial charge on any atom is -0.454 e. The van der Waals surface area contributed by atoms with Gasteiger partial charge in [0.25, 0.3) is 11.8 Å². The van der Waals surface area contributed by atoms with Gasteiger partial charge in [0.2, 0.25) is 16.8 Å². The molecule has 3 N–H and O–H groups in total. The lowest BCUT2D eigenvalue weighted by Crippen LogP contribution is -2.35. The number of amides is 2. The molecule has 0 saturated carbocycles. The van der Waals surface area contributed by atoms with Crippen LogP contribution in [-0.4, -0.2) is 44.4 Å². The van der Waals surface area contributed by atoms with Crippen molar-refractivity contribution in [2.45, 2.75) is 37.5 Å². The Bertz CT molecular complexity index is 1460. The van der Waals surface area contributed by atoms with Gasteiger partial charge in [-0.1, -0.05) is 12.5 Å². The monoisotopic (exact) mass is 541 g/mol. The van der Waals surface area contributed by atoms with Gasteiger partial charge in [0.15, 0.2) is 11.5 Å². The maximum absolute atomic E-state index is 13.0. The second-order valence-corrected chi connectivity index (χ2v) is 12.1. The fraction of sp³-hybridized carbons (Fsp3) is 0.308. The minimum atomic E-state index is -3.59. The number of ether oxygens (including phenoxy) is 2. The summed E-state index contributed by atoms with van der Waals surface area (Å²) in [6.45, 7) is 3.00. The Kier molecular flexibility index (Phi) is 6.93. The molecule has 11 heteroatoms. The first-order valence-electron chi connectivity index (χ1n) is 12.0. The zero-order valence-electron chi connectivity index (χ0n) is 20.3. The van der Waals surface area contributed by atoms with E-state index >= 15 is 0 Å².